The van der Waals surface area contributed by atoms with E-state index in [1.165, 1.54) is 18.2 Å². The summed E-state index contributed by atoms with van der Waals surface area (Å²) in [5.74, 6) is 0.0815. The van der Waals surface area contributed by atoms with Crippen LogP contribution in [0.25, 0.3) is 0 Å². The van der Waals surface area contributed by atoms with Crippen LogP contribution in [0.4, 0.5) is 5.69 Å². The van der Waals surface area contributed by atoms with Crippen molar-refractivity contribution in [3.63, 3.8) is 0 Å². The number of amides is 1. The molecule has 6 nitrogen and oxygen atoms in total. The average molecular weight is 425 g/mol. The van der Waals surface area contributed by atoms with Crippen molar-refractivity contribution in [1.82, 2.24) is 4.72 Å². The molecule has 0 saturated heterocycles. The lowest BCUT2D eigenvalue weighted by molar-refractivity contribution is -0.118. The van der Waals surface area contributed by atoms with Gasteiger partial charge in [-0.2, -0.15) is 0 Å². The van der Waals surface area contributed by atoms with Gasteiger partial charge in [0.2, 0.25) is 10.0 Å². The number of anilines is 1. The first-order valence-corrected chi connectivity index (χ1v) is 10.7. The highest BCUT2D eigenvalue weighted by atomic mass is 35.5. The summed E-state index contributed by atoms with van der Waals surface area (Å²) in [7, 11) is -3.64. The summed E-state index contributed by atoms with van der Waals surface area (Å²) >= 11 is 6.13. The van der Waals surface area contributed by atoms with Gasteiger partial charge in [-0.15, -0.1) is 0 Å². The zero-order valence-corrected chi connectivity index (χ0v) is 17.9. The van der Waals surface area contributed by atoms with E-state index >= 15 is 0 Å². The largest absolute Gasteiger partial charge is 0.482 e. The van der Waals surface area contributed by atoms with Gasteiger partial charge in [0, 0.05) is 12.2 Å². The van der Waals surface area contributed by atoms with Crippen molar-refractivity contribution >= 4 is 33.2 Å². The van der Waals surface area contributed by atoms with Gasteiger partial charge in [-0.3, -0.25) is 4.79 Å². The van der Waals surface area contributed by atoms with Crippen LogP contribution in [0.1, 0.15) is 25.0 Å². The van der Waals surface area contributed by atoms with E-state index in [0.29, 0.717) is 12.2 Å². The normalized spacial score (nSPS) is 11.5. The Morgan fingerprint density at radius 2 is 1.82 bits per heavy atom. The lowest BCUT2D eigenvalue weighted by Gasteiger charge is -2.12. The molecule has 1 amide bonds. The van der Waals surface area contributed by atoms with Crippen molar-refractivity contribution in [2.24, 2.45) is 5.92 Å². The Hall–Kier alpha value is -2.09. The highest BCUT2D eigenvalue weighted by molar-refractivity contribution is 7.89. The second-order valence-corrected chi connectivity index (χ2v) is 9.15. The minimum Gasteiger partial charge on any atom is -0.482 e. The van der Waals surface area contributed by atoms with E-state index in [0.717, 1.165) is 11.1 Å². The van der Waals surface area contributed by atoms with Crippen molar-refractivity contribution in [1.29, 1.82) is 0 Å². The highest BCUT2D eigenvalue weighted by Gasteiger charge is 2.17. The van der Waals surface area contributed by atoms with Crippen molar-refractivity contribution in [3.05, 3.63) is 52.5 Å². The molecule has 0 heterocycles. The molecule has 0 fully saturated rings. The molecule has 152 valence electrons. The maximum atomic E-state index is 12.2. The number of carbonyl (C=O) groups is 1. The summed E-state index contributed by atoms with van der Waals surface area (Å²) in [5, 5.41) is 2.87. The molecule has 8 heteroatoms. The van der Waals surface area contributed by atoms with E-state index < -0.39 is 10.0 Å². The van der Waals surface area contributed by atoms with Crippen LogP contribution in [-0.4, -0.2) is 27.5 Å². The maximum Gasteiger partial charge on any atom is 0.262 e. The fourth-order valence-corrected chi connectivity index (χ4v) is 3.82. The van der Waals surface area contributed by atoms with E-state index in [9.17, 15) is 13.2 Å². The molecule has 28 heavy (non-hydrogen) atoms. The standard InChI is InChI=1S/C20H25ClN2O4S/c1-13(2)11-22-28(25,26)17-7-8-19(18(21)10-17)27-12-20(24)23-16-6-5-14(3)15(4)9-16/h5-10,13,22H,11-12H2,1-4H3,(H,23,24). The lowest BCUT2D eigenvalue weighted by atomic mass is 10.1. The number of hydrogen-bond donors (Lipinski definition) is 2. The summed E-state index contributed by atoms with van der Waals surface area (Å²) < 4.78 is 32.4. The van der Waals surface area contributed by atoms with Crippen LogP contribution >= 0.6 is 11.6 Å². The third-order valence-corrected chi connectivity index (χ3v) is 5.76. The van der Waals surface area contributed by atoms with Crippen molar-refractivity contribution < 1.29 is 17.9 Å². The fraction of sp³-hybridized carbons (Fsp3) is 0.350. The molecule has 2 rings (SSSR count). The Labute approximate surface area is 171 Å². The van der Waals surface area contributed by atoms with Gasteiger partial charge in [-0.1, -0.05) is 31.5 Å². The first kappa shape index (κ1) is 22.2. The Balaban J connectivity index is 1.99. The minimum absolute atomic E-state index is 0.0464. The molecular weight excluding hydrogens is 400 g/mol. The minimum atomic E-state index is -3.64. The van der Waals surface area contributed by atoms with Crippen LogP contribution in [0.2, 0.25) is 5.02 Å². The van der Waals surface area contributed by atoms with Crippen LogP contribution in [0.3, 0.4) is 0 Å². The molecular formula is C20H25ClN2O4S. The van der Waals surface area contributed by atoms with E-state index in [-0.39, 0.29) is 34.1 Å². The quantitative estimate of drug-likeness (QED) is 0.672. The van der Waals surface area contributed by atoms with E-state index in [4.69, 9.17) is 16.3 Å². The molecule has 0 saturated carbocycles. The first-order valence-electron chi connectivity index (χ1n) is 8.87. The molecule has 0 atom stereocenters. The number of benzene rings is 2. The van der Waals surface area contributed by atoms with Gasteiger partial charge in [0.1, 0.15) is 5.75 Å². The molecule has 0 spiro atoms. The number of sulfonamides is 1. The average Bonchev–Trinajstić information content (AvgIpc) is 2.62. The second-order valence-electron chi connectivity index (χ2n) is 6.97. The SMILES string of the molecule is Cc1ccc(NC(=O)COc2ccc(S(=O)(=O)NCC(C)C)cc2Cl)cc1C. The number of ether oxygens (including phenoxy) is 1. The van der Waals surface area contributed by atoms with E-state index in [1.807, 2.05) is 45.9 Å². The van der Waals surface area contributed by atoms with Crippen LogP contribution in [-0.2, 0) is 14.8 Å². The summed E-state index contributed by atoms with van der Waals surface area (Å²) in [6.45, 7) is 7.87. The number of hydrogen-bond acceptors (Lipinski definition) is 4. The third kappa shape index (κ3) is 6.22. The number of rotatable bonds is 8. The van der Waals surface area contributed by atoms with E-state index in [2.05, 4.69) is 10.0 Å². The topological polar surface area (TPSA) is 84.5 Å². The Bertz CT molecular complexity index is 959. The van der Waals surface area contributed by atoms with Crippen molar-refractivity contribution in [3.8, 4) is 5.75 Å². The van der Waals surface area contributed by atoms with Gasteiger partial charge >= 0.3 is 0 Å². The van der Waals surface area contributed by atoms with E-state index in [1.54, 1.807) is 0 Å². The molecule has 2 N–H and O–H groups in total. The molecule has 0 aliphatic carbocycles. The smallest absolute Gasteiger partial charge is 0.262 e. The molecule has 0 radical (unpaired) electrons. The van der Waals surface area contributed by atoms with Crippen LogP contribution in [0.5, 0.6) is 5.75 Å². The molecule has 0 aromatic heterocycles. The van der Waals surface area contributed by atoms with Gasteiger partial charge in [-0.05, 0) is 61.2 Å². The molecule has 2 aromatic carbocycles. The first-order chi connectivity index (χ1) is 13.1. The molecule has 2 aromatic rings. The van der Waals surface area contributed by atoms with Crippen LogP contribution < -0.4 is 14.8 Å². The number of aryl methyl sites for hydroxylation is 2. The Kier molecular flexibility index (Phi) is 7.46. The van der Waals surface area contributed by atoms with Gasteiger partial charge < -0.3 is 10.1 Å². The number of halogens is 1. The summed E-state index contributed by atoms with van der Waals surface area (Å²) in [4.78, 5) is 12.1. The zero-order valence-electron chi connectivity index (χ0n) is 16.4. The predicted molar refractivity (Wildman–Crippen MR) is 112 cm³/mol. The Morgan fingerprint density at radius 3 is 2.43 bits per heavy atom. The van der Waals surface area contributed by atoms with Crippen LogP contribution in [0, 0.1) is 19.8 Å². The van der Waals surface area contributed by atoms with Gasteiger partial charge in [0.25, 0.3) is 5.91 Å². The summed E-state index contributed by atoms with van der Waals surface area (Å²) in [6.07, 6.45) is 0. The maximum absolute atomic E-state index is 12.2. The molecule has 0 aliphatic heterocycles. The van der Waals surface area contributed by atoms with Crippen molar-refractivity contribution in [2.45, 2.75) is 32.6 Å². The lowest BCUT2D eigenvalue weighted by Crippen LogP contribution is -2.27. The highest BCUT2D eigenvalue weighted by Crippen LogP contribution is 2.27. The molecule has 0 bridgehead atoms. The van der Waals surface area contributed by atoms with Crippen LogP contribution in [0.15, 0.2) is 41.3 Å². The molecule has 0 aliphatic rings. The van der Waals surface area contributed by atoms with Gasteiger partial charge in [0.05, 0.1) is 9.92 Å². The van der Waals surface area contributed by atoms with Gasteiger partial charge in [-0.25, -0.2) is 13.1 Å². The monoisotopic (exact) mass is 424 g/mol. The second kappa shape index (κ2) is 9.41. The van der Waals surface area contributed by atoms with Crippen molar-refractivity contribution in [2.75, 3.05) is 18.5 Å². The zero-order chi connectivity index (χ0) is 20.9. The molecule has 0 unspecified atom stereocenters. The Morgan fingerprint density at radius 1 is 1.11 bits per heavy atom. The third-order valence-electron chi connectivity index (χ3n) is 4.04. The number of nitrogens with one attached hydrogen (secondary N) is 2. The van der Waals surface area contributed by atoms with Gasteiger partial charge in [0.15, 0.2) is 6.61 Å². The summed E-state index contributed by atoms with van der Waals surface area (Å²) in [5.41, 5.74) is 2.89. The number of carbonyl (C=O) groups excluding carboxylic acids is 1. The predicted octanol–water partition coefficient (Wildman–Crippen LogP) is 3.91. The fourth-order valence-electron chi connectivity index (χ4n) is 2.29. The summed E-state index contributed by atoms with van der Waals surface area (Å²) in [6, 6.07) is 9.76.